The van der Waals surface area contributed by atoms with Crippen molar-refractivity contribution in [3.8, 4) is 0 Å². The minimum atomic E-state index is -5.69. The highest BCUT2D eigenvalue weighted by molar-refractivity contribution is 5.73. The highest BCUT2D eigenvalue weighted by Gasteiger charge is 2.59. The number of halogens is 5. The number of carbonyl (C=O) groups excluding carboxylic acids is 1. The summed E-state index contributed by atoms with van der Waals surface area (Å²) in [7, 11) is 0. The quantitative estimate of drug-likeness (QED) is 0.571. The second-order valence-electron chi connectivity index (χ2n) is 2.67. The number of rotatable bonds is 2. The van der Waals surface area contributed by atoms with Gasteiger partial charge in [-0.3, -0.25) is 9.78 Å². The van der Waals surface area contributed by atoms with Crippen LogP contribution >= 0.6 is 0 Å². The average molecular weight is 225 g/mol. The molecule has 0 amide bonds. The van der Waals surface area contributed by atoms with Crippen molar-refractivity contribution in [1.82, 2.24) is 4.98 Å². The van der Waals surface area contributed by atoms with E-state index in [4.69, 9.17) is 0 Å². The van der Waals surface area contributed by atoms with E-state index in [-0.39, 0.29) is 5.56 Å². The summed E-state index contributed by atoms with van der Waals surface area (Å²) in [5.41, 5.74) is -1.50. The lowest BCUT2D eigenvalue weighted by Gasteiger charge is -2.18. The van der Waals surface area contributed by atoms with Gasteiger partial charge >= 0.3 is 12.1 Å². The van der Waals surface area contributed by atoms with Gasteiger partial charge in [-0.1, -0.05) is 0 Å². The van der Waals surface area contributed by atoms with Crippen molar-refractivity contribution in [2.45, 2.75) is 12.1 Å². The number of hydrogen-bond donors (Lipinski definition) is 0. The van der Waals surface area contributed by atoms with Crippen LogP contribution in [-0.4, -0.2) is 17.4 Å². The fourth-order valence-corrected chi connectivity index (χ4v) is 0.806. The molecule has 0 spiro atoms. The fraction of sp³-hybridized carbons (Fsp3) is 0.250. The maximum Gasteiger partial charge on any atom is 0.459 e. The molecule has 0 aliphatic carbocycles. The summed E-state index contributed by atoms with van der Waals surface area (Å²) in [5, 5.41) is 0. The Kier molecular flexibility index (Phi) is 2.74. The first-order valence-corrected chi connectivity index (χ1v) is 3.65. The zero-order chi connectivity index (χ0) is 11.7. The highest BCUT2D eigenvalue weighted by atomic mass is 19.4. The van der Waals surface area contributed by atoms with Gasteiger partial charge in [-0.15, -0.1) is 0 Å². The van der Waals surface area contributed by atoms with E-state index in [0.29, 0.717) is 18.5 Å². The molecule has 0 saturated carbocycles. The Morgan fingerprint density at radius 3 is 2.07 bits per heavy atom. The Hall–Kier alpha value is -1.53. The molecule has 0 fully saturated rings. The van der Waals surface area contributed by atoms with E-state index in [2.05, 4.69) is 4.98 Å². The first-order chi connectivity index (χ1) is 6.79. The molecular weight excluding hydrogens is 221 g/mol. The van der Waals surface area contributed by atoms with Crippen LogP contribution in [0, 0.1) is 0 Å². The van der Waals surface area contributed by atoms with E-state index in [1.165, 1.54) is 0 Å². The van der Waals surface area contributed by atoms with Gasteiger partial charge in [0.2, 0.25) is 0 Å². The molecule has 0 N–H and O–H groups in total. The molecular formula is C8H4F5NO. The molecule has 1 heterocycles. The Labute approximate surface area is 80.7 Å². The largest absolute Gasteiger partial charge is 0.459 e. The summed E-state index contributed by atoms with van der Waals surface area (Å²) in [5.74, 6) is -5.01. The summed E-state index contributed by atoms with van der Waals surface area (Å²) < 4.78 is 60.8. The van der Waals surface area contributed by atoms with Crippen LogP contribution in [0.15, 0.2) is 18.3 Å². The van der Waals surface area contributed by atoms with Crippen molar-refractivity contribution in [1.29, 1.82) is 0 Å². The summed E-state index contributed by atoms with van der Waals surface area (Å²) in [6, 6.07) is 1.31. The first kappa shape index (κ1) is 11.5. The number of carbonyl (C=O) groups is 1. The van der Waals surface area contributed by atoms with Crippen LogP contribution in [-0.2, 0) is 5.92 Å². The third-order valence-electron chi connectivity index (χ3n) is 1.60. The smallest absolute Gasteiger partial charge is 0.298 e. The van der Waals surface area contributed by atoms with E-state index in [0.717, 1.165) is 6.07 Å². The first-order valence-electron chi connectivity index (χ1n) is 3.65. The molecule has 0 unspecified atom stereocenters. The molecule has 1 rings (SSSR count). The fourth-order valence-electron chi connectivity index (χ4n) is 0.806. The van der Waals surface area contributed by atoms with Crippen LogP contribution < -0.4 is 0 Å². The third-order valence-corrected chi connectivity index (χ3v) is 1.60. The van der Waals surface area contributed by atoms with Crippen LogP contribution in [0.1, 0.15) is 16.1 Å². The van der Waals surface area contributed by atoms with Gasteiger partial charge in [0.15, 0.2) is 6.29 Å². The van der Waals surface area contributed by atoms with Gasteiger partial charge in [-0.2, -0.15) is 22.0 Å². The van der Waals surface area contributed by atoms with Crippen LogP contribution in [0.2, 0.25) is 0 Å². The maximum atomic E-state index is 12.6. The summed E-state index contributed by atoms with van der Waals surface area (Å²) in [6.45, 7) is 0. The summed E-state index contributed by atoms with van der Waals surface area (Å²) in [6.07, 6.45) is -4.74. The number of aromatic nitrogens is 1. The normalized spacial score (nSPS) is 12.6. The van der Waals surface area contributed by atoms with Gasteiger partial charge in [0.1, 0.15) is 5.69 Å². The van der Waals surface area contributed by atoms with Crippen molar-refractivity contribution in [2.24, 2.45) is 0 Å². The maximum absolute atomic E-state index is 12.6. The topological polar surface area (TPSA) is 30.0 Å². The van der Waals surface area contributed by atoms with Crippen LogP contribution in [0.25, 0.3) is 0 Å². The third kappa shape index (κ3) is 2.11. The van der Waals surface area contributed by atoms with Crippen molar-refractivity contribution in [3.05, 3.63) is 29.6 Å². The van der Waals surface area contributed by atoms with Crippen LogP contribution in [0.5, 0.6) is 0 Å². The van der Waals surface area contributed by atoms with Gasteiger partial charge in [-0.25, -0.2) is 0 Å². The molecule has 0 saturated heterocycles. The Morgan fingerprint density at radius 2 is 1.73 bits per heavy atom. The molecule has 1 aromatic rings. The number of aldehydes is 1. The number of hydrogen-bond acceptors (Lipinski definition) is 2. The average Bonchev–Trinajstić information content (AvgIpc) is 2.16. The van der Waals surface area contributed by atoms with Crippen molar-refractivity contribution < 1.29 is 26.7 Å². The zero-order valence-electron chi connectivity index (χ0n) is 7.05. The molecule has 1 aromatic heterocycles. The monoisotopic (exact) mass is 225 g/mol. The molecule has 0 aromatic carbocycles. The molecule has 2 nitrogen and oxygen atoms in total. The number of nitrogens with zero attached hydrogens (tertiary/aromatic N) is 1. The molecule has 7 heteroatoms. The van der Waals surface area contributed by atoms with Crippen LogP contribution in [0.4, 0.5) is 22.0 Å². The van der Waals surface area contributed by atoms with Crippen molar-refractivity contribution in [2.75, 3.05) is 0 Å². The van der Waals surface area contributed by atoms with E-state index in [9.17, 15) is 26.7 Å². The number of pyridine rings is 1. The lowest BCUT2D eigenvalue weighted by molar-refractivity contribution is -0.290. The van der Waals surface area contributed by atoms with E-state index < -0.39 is 17.8 Å². The lowest BCUT2D eigenvalue weighted by atomic mass is 10.2. The predicted octanol–water partition coefficient (Wildman–Crippen LogP) is 2.55. The molecule has 0 aliphatic heterocycles. The summed E-state index contributed by atoms with van der Waals surface area (Å²) in [4.78, 5) is 13.0. The Bertz CT molecular complexity index is 356. The minimum Gasteiger partial charge on any atom is -0.298 e. The lowest BCUT2D eigenvalue weighted by Crippen LogP contribution is -2.34. The Morgan fingerprint density at radius 1 is 1.13 bits per heavy atom. The van der Waals surface area contributed by atoms with E-state index >= 15 is 0 Å². The standard InChI is InChI=1S/C8H4F5NO/c9-7(10,8(11,12)13)6-2-1-5(4-15)3-14-6/h1-4H. The molecule has 0 radical (unpaired) electrons. The Balaban J connectivity index is 3.11. The van der Waals surface area contributed by atoms with Gasteiger partial charge in [0, 0.05) is 11.8 Å². The van der Waals surface area contributed by atoms with Gasteiger partial charge < -0.3 is 0 Å². The second-order valence-corrected chi connectivity index (χ2v) is 2.67. The summed E-state index contributed by atoms with van der Waals surface area (Å²) >= 11 is 0. The van der Waals surface area contributed by atoms with E-state index in [1.54, 1.807) is 0 Å². The molecule has 0 atom stereocenters. The molecule has 0 aliphatic rings. The molecule has 0 bridgehead atoms. The van der Waals surface area contributed by atoms with Crippen molar-refractivity contribution in [3.63, 3.8) is 0 Å². The highest BCUT2D eigenvalue weighted by Crippen LogP contribution is 2.42. The predicted molar refractivity (Wildman–Crippen MR) is 39.6 cm³/mol. The van der Waals surface area contributed by atoms with Gasteiger partial charge in [-0.05, 0) is 12.1 Å². The zero-order valence-corrected chi connectivity index (χ0v) is 7.05. The van der Waals surface area contributed by atoms with Crippen LogP contribution in [0.3, 0.4) is 0 Å². The second kappa shape index (κ2) is 3.56. The minimum absolute atomic E-state index is 0.0725. The number of alkyl halides is 5. The van der Waals surface area contributed by atoms with Crippen molar-refractivity contribution >= 4 is 6.29 Å². The molecule has 82 valence electrons. The van der Waals surface area contributed by atoms with E-state index in [1.807, 2.05) is 0 Å². The molecule has 15 heavy (non-hydrogen) atoms. The van der Waals surface area contributed by atoms with Gasteiger partial charge in [0.25, 0.3) is 0 Å². The van der Waals surface area contributed by atoms with Gasteiger partial charge in [0.05, 0.1) is 0 Å². The SMILES string of the molecule is O=Cc1ccc(C(F)(F)C(F)(F)F)nc1.